The van der Waals surface area contributed by atoms with Crippen LogP contribution in [0, 0.1) is 58.2 Å². The van der Waals surface area contributed by atoms with Gasteiger partial charge in [-0.3, -0.25) is 9.59 Å². The van der Waals surface area contributed by atoms with Gasteiger partial charge in [-0.2, -0.15) is 0 Å². The number of Topliss-reactive ketones (excluding diaryl/α,β-unsaturated/α-hetero) is 2. The Kier molecular flexibility index (Phi) is 1.18. The number of allylic oxidation sites excluding steroid dienone is 2. The van der Waals surface area contributed by atoms with E-state index in [9.17, 15) is 9.59 Å². The van der Waals surface area contributed by atoms with Gasteiger partial charge in [0.2, 0.25) is 0 Å². The van der Waals surface area contributed by atoms with Gasteiger partial charge in [-0.25, -0.2) is 0 Å². The van der Waals surface area contributed by atoms with Crippen LogP contribution in [-0.4, -0.2) is 11.6 Å². The number of hydrogen-bond donors (Lipinski definition) is 0. The van der Waals surface area contributed by atoms with E-state index in [1.54, 1.807) is 0 Å². The van der Waals surface area contributed by atoms with Crippen LogP contribution in [0.4, 0.5) is 0 Å². The van der Waals surface area contributed by atoms with E-state index >= 15 is 0 Å². The van der Waals surface area contributed by atoms with Gasteiger partial charge in [-0.1, -0.05) is 12.2 Å². The summed E-state index contributed by atoms with van der Waals surface area (Å²) < 4.78 is 0. The Morgan fingerprint density at radius 3 is 1.60 bits per heavy atom. The Hall–Kier alpha value is -0.920. The Balaban J connectivity index is 1.66. The van der Waals surface area contributed by atoms with Gasteiger partial charge >= 0.3 is 0 Å². The summed E-state index contributed by atoms with van der Waals surface area (Å²) in [7, 11) is 0. The zero-order chi connectivity index (χ0) is 13.0. The predicted octanol–water partition coefficient (Wildman–Crippen LogP) is 2.24. The van der Waals surface area contributed by atoms with E-state index in [2.05, 4.69) is 12.2 Å². The maximum Gasteiger partial charge on any atom is 0.145 e. The van der Waals surface area contributed by atoms with Crippen LogP contribution in [-0.2, 0) is 9.59 Å². The van der Waals surface area contributed by atoms with Gasteiger partial charge in [-0.15, -0.1) is 0 Å². The van der Waals surface area contributed by atoms with Gasteiger partial charge in [0.1, 0.15) is 11.6 Å². The number of fused-ring (bicyclic) bond motifs is 7. The first-order valence-electron chi connectivity index (χ1n) is 8.52. The smallest absolute Gasteiger partial charge is 0.145 e. The van der Waals surface area contributed by atoms with E-state index < -0.39 is 0 Å². The van der Waals surface area contributed by atoms with Crippen LogP contribution in [0.25, 0.3) is 0 Å². The largest absolute Gasteiger partial charge is 0.299 e. The standard InChI is InChI=1S/C18H18O2/c19-15-11-9-5-6-10-12(11)16(20)18-8-2-1-7(3-4-8)17(15,18)13(9)14(10)18/h1-2,7-14H,3-6H2/t7-,8+,9-,10+,11-,12+,13+,14-,17-,18+. The summed E-state index contributed by atoms with van der Waals surface area (Å²) in [4.78, 5) is 26.7. The molecule has 0 aliphatic heterocycles. The minimum atomic E-state index is -0.187. The molecule has 0 saturated heterocycles. The fraction of sp³-hybridized carbons (Fsp3) is 0.778. The summed E-state index contributed by atoms with van der Waals surface area (Å²) in [6.45, 7) is 0. The lowest BCUT2D eigenvalue weighted by atomic mass is 9.27. The molecule has 0 unspecified atom stereocenters. The third kappa shape index (κ3) is 0.532. The fourth-order valence-corrected chi connectivity index (χ4v) is 9.37. The van der Waals surface area contributed by atoms with Crippen molar-refractivity contribution in [1.29, 1.82) is 0 Å². The maximum atomic E-state index is 13.4. The first-order valence-corrected chi connectivity index (χ1v) is 8.52. The van der Waals surface area contributed by atoms with Crippen LogP contribution in [0.1, 0.15) is 25.7 Å². The van der Waals surface area contributed by atoms with Crippen LogP contribution in [0.3, 0.4) is 0 Å². The van der Waals surface area contributed by atoms with Crippen molar-refractivity contribution >= 4 is 11.6 Å². The molecule has 0 N–H and O–H groups in total. The average Bonchev–Trinajstić information content (AvgIpc) is 2.68. The molecule has 7 aliphatic rings. The maximum absolute atomic E-state index is 13.4. The SMILES string of the molecule is O=C1[C@@H]2[C@H]3CC[C@H]4[C@@H]2C(=O)[C@]25[C@H]4[C@H]3[C@]12[C@@H]1C=C[C@H]5CC1. The third-order valence-electron chi connectivity index (χ3n) is 9.14. The van der Waals surface area contributed by atoms with Crippen molar-refractivity contribution in [3.8, 4) is 0 Å². The Morgan fingerprint density at radius 2 is 1.20 bits per heavy atom. The molecular weight excluding hydrogens is 248 g/mol. The van der Waals surface area contributed by atoms with Gasteiger partial charge in [0.05, 0.1) is 10.8 Å². The highest BCUT2D eigenvalue weighted by Gasteiger charge is 2.96. The summed E-state index contributed by atoms with van der Waals surface area (Å²) in [6, 6.07) is 0. The number of hydrogen-bond acceptors (Lipinski definition) is 2. The second-order valence-corrected chi connectivity index (χ2v) is 8.65. The minimum Gasteiger partial charge on any atom is -0.299 e. The molecule has 5 fully saturated rings. The van der Waals surface area contributed by atoms with E-state index in [0.717, 1.165) is 0 Å². The fourth-order valence-electron chi connectivity index (χ4n) is 9.37. The normalized spacial score (nSPS) is 72.6. The number of carbonyl (C=O) groups is 2. The van der Waals surface area contributed by atoms with E-state index in [4.69, 9.17) is 0 Å². The van der Waals surface area contributed by atoms with E-state index in [1.807, 2.05) is 0 Å². The average molecular weight is 266 g/mol. The molecule has 10 atom stereocenters. The van der Waals surface area contributed by atoms with Crippen LogP contribution in [0.2, 0.25) is 0 Å². The van der Waals surface area contributed by atoms with Crippen LogP contribution in [0.15, 0.2) is 12.2 Å². The van der Waals surface area contributed by atoms with Gasteiger partial charge < -0.3 is 0 Å². The van der Waals surface area contributed by atoms with Crippen molar-refractivity contribution in [3.63, 3.8) is 0 Å². The van der Waals surface area contributed by atoms with E-state index in [1.165, 1.54) is 25.7 Å². The molecule has 7 aliphatic carbocycles. The van der Waals surface area contributed by atoms with Crippen molar-refractivity contribution in [2.45, 2.75) is 25.7 Å². The molecule has 2 bridgehead atoms. The van der Waals surface area contributed by atoms with Gasteiger partial charge in [0.15, 0.2) is 0 Å². The molecule has 2 nitrogen and oxygen atoms in total. The van der Waals surface area contributed by atoms with Gasteiger partial charge in [-0.05, 0) is 61.2 Å². The minimum absolute atomic E-state index is 0.158. The Morgan fingerprint density at radius 1 is 0.750 bits per heavy atom. The molecule has 0 aromatic carbocycles. The molecule has 102 valence electrons. The first-order chi connectivity index (χ1) is 9.75. The molecule has 2 heteroatoms. The summed E-state index contributed by atoms with van der Waals surface area (Å²) in [6.07, 6.45) is 9.49. The zero-order valence-corrected chi connectivity index (χ0v) is 11.4. The molecule has 7 rings (SSSR count). The van der Waals surface area contributed by atoms with Crippen molar-refractivity contribution in [1.82, 2.24) is 0 Å². The van der Waals surface area contributed by atoms with Crippen molar-refractivity contribution in [2.24, 2.45) is 58.2 Å². The highest BCUT2D eigenvalue weighted by atomic mass is 16.2. The molecule has 0 aromatic rings. The highest BCUT2D eigenvalue weighted by molar-refractivity contribution is 6.12. The van der Waals surface area contributed by atoms with E-state index in [0.29, 0.717) is 47.1 Å². The van der Waals surface area contributed by atoms with Crippen molar-refractivity contribution < 1.29 is 9.59 Å². The van der Waals surface area contributed by atoms with Gasteiger partial charge in [0.25, 0.3) is 0 Å². The topological polar surface area (TPSA) is 34.1 Å². The molecular formula is C18H18O2. The predicted molar refractivity (Wildman–Crippen MR) is 70.4 cm³/mol. The van der Waals surface area contributed by atoms with Crippen LogP contribution in [0.5, 0.6) is 0 Å². The van der Waals surface area contributed by atoms with Crippen molar-refractivity contribution in [3.05, 3.63) is 12.2 Å². The summed E-state index contributed by atoms with van der Waals surface area (Å²) in [5, 5.41) is 0. The molecule has 0 radical (unpaired) electrons. The quantitative estimate of drug-likeness (QED) is 0.630. The highest BCUT2D eigenvalue weighted by Crippen LogP contribution is 2.92. The number of rotatable bonds is 0. The van der Waals surface area contributed by atoms with E-state index in [-0.39, 0.29) is 22.7 Å². The lowest BCUT2D eigenvalue weighted by Crippen LogP contribution is -2.76. The van der Waals surface area contributed by atoms with Gasteiger partial charge in [0, 0.05) is 11.8 Å². The third-order valence-corrected chi connectivity index (χ3v) is 9.14. The molecule has 0 heterocycles. The monoisotopic (exact) mass is 266 g/mol. The molecule has 0 aromatic heterocycles. The van der Waals surface area contributed by atoms with Crippen LogP contribution < -0.4 is 0 Å². The molecule has 20 heavy (non-hydrogen) atoms. The second-order valence-electron chi connectivity index (χ2n) is 8.65. The molecule has 2 spiro atoms. The summed E-state index contributed by atoms with van der Waals surface area (Å²) >= 11 is 0. The molecule has 0 amide bonds. The first kappa shape index (κ1) is 9.92. The Labute approximate surface area is 118 Å². The molecule has 5 saturated carbocycles. The zero-order valence-electron chi connectivity index (χ0n) is 11.4. The van der Waals surface area contributed by atoms with Crippen molar-refractivity contribution in [2.75, 3.05) is 0 Å². The van der Waals surface area contributed by atoms with Crippen LogP contribution >= 0.6 is 0 Å². The Bertz CT molecular complexity index is 606. The number of carbonyl (C=O) groups excluding carboxylic acids is 2. The lowest BCUT2D eigenvalue weighted by molar-refractivity contribution is -0.255. The lowest BCUT2D eigenvalue weighted by Gasteiger charge is -2.74. The summed E-state index contributed by atoms with van der Waals surface area (Å²) in [5.41, 5.74) is -0.374. The number of ketones is 2. The summed E-state index contributed by atoms with van der Waals surface area (Å²) in [5.74, 6) is 4.68. The second kappa shape index (κ2) is 2.38.